The van der Waals surface area contributed by atoms with Crippen LogP contribution in [0.5, 0.6) is 0 Å². The van der Waals surface area contributed by atoms with E-state index in [4.69, 9.17) is 4.98 Å². The van der Waals surface area contributed by atoms with Crippen LogP contribution in [0.2, 0.25) is 0 Å². The number of anilines is 1. The Morgan fingerprint density at radius 1 is 0.974 bits per heavy atom. The van der Waals surface area contributed by atoms with E-state index >= 15 is 0 Å². The minimum absolute atomic E-state index is 0.201. The molecule has 1 aliphatic rings. The van der Waals surface area contributed by atoms with E-state index in [-0.39, 0.29) is 12.3 Å². The van der Waals surface area contributed by atoms with E-state index in [1.165, 1.54) is 24.8 Å². The van der Waals surface area contributed by atoms with Gasteiger partial charge >= 0.3 is 5.97 Å². The zero-order chi connectivity index (χ0) is 26.6. The van der Waals surface area contributed by atoms with Crippen molar-refractivity contribution in [2.45, 2.75) is 64.5 Å². The molecular formula is C31H34N4O3. The number of aliphatic carboxylic acids is 1. The third-order valence-electron chi connectivity index (χ3n) is 7.32. The SMILES string of the molecule is Cc1ccc(-c2nc3cc(C(=O)NC(CC(=O)O)c4ccc(C)cc4)ccn3c2NC2CCCCC2)cc1. The van der Waals surface area contributed by atoms with Gasteiger partial charge < -0.3 is 15.7 Å². The number of benzene rings is 2. The summed E-state index contributed by atoms with van der Waals surface area (Å²) in [6.07, 6.45) is 7.65. The van der Waals surface area contributed by atoms with E-state index in [1.807, 2.05) is 41.8 Å². The summed E-state index contributed by atoms with van der Waals surface area (Å²) in [4.78, 5) is 29.8. The second-order valence-electron chi connectivity index (χ2n) is 10.3. The maximum absolute atomic E-state index is 13.3. The standard InChI is InChI=1S/C31H34N4O3/c1-20-8-12-22(13-9-20)26(19-28(36)37)33-31(38)24-16-17-35-27(18-24)34-29(23-14-10-21(2)11-15-23)30(35)32-25-6-4-3-5-7-25/h8-18,25-26,32H,3-7,19H2,1-2H3,(H,33,38)(H,36,37). The van der Waals surface area contributed by atoms with Crippen molar-refractivity contribution in [3.05, 3.63) is 89.1 Å². The normalized spacial score (nSPS) is 14.8. The van der Waals surface area contributed by atoms with E-state index < -0.39 is 12.0 Å². The Hall–Kier alpha value is -4.13. The smallest absolute Gasteiger partial charge is 0.305 e. The summed E-state index contributed by atoms with van der Waals surface area (Å²) in [7, 11) is 0. The highest BCUT2D eigenvalue weighted by molar-refractivity contribution is 5.96. The van der Waals surface area contributed by atoms with Crippen LogP contribution in [0.1, 0.15) is 71.6 Å². The van der Waals surface area contributed by atoms with Crippen molar-refractivity contribution in [3.8, 4) is 11.3 Å². The maximum Gasteiger partial charge on any atom is 0.305 e. The van der Waals surface area contributed by atoms with Gasteiger partial charge in [-0.25, -0.2) is 4.98 Å². The van der Waals surface area contributed by atoms with E-state index in [9.17, 15) is 14.7 Å². The topological polar surface area (TPSA) is 95.7 Å². The lowest BCUT2D eigenvalue weighted by molar-refractivity contribution is -0.137. The van der Waals surface area contributed by atoms with Gasteiger partial charge in [0.05, 0.1) is 12.5 Å². The van der Waals surface area contributed by atoms with E-state index in [0.717, 1.165) is 41.0 Å². The van der Waals surface area contributed by atoms with Crippen LogP contribution in [-0.2, 0) is 4.79 Å². The zero-order valence-corrected chi connectivity index (χ0v) is 21.9. The third kappa shape index (κ3) is 5.72. The van der Waals surface area contributed by atoms with Gasteiger partial charge in [-0.15, -0.1) is 0 Å². The number of aryl methyl sites for hydroxylation is 2. The van der Waals surface area contributed by atoms with Gasteiger partial charge in [0, 0.05) is 23.4 Å². The van der Waals surface area contributed by atoms with Crippen LogP contribution in [0.3, 0.4) is 0 Å². The number of carboxylic acids is 1. The first-order valence-electron chi connectivity index (χ1n) is 13.3. The third-order valence-corrected chi connectivity index (χ3v) is 7.32. The predicted octanol–water partition coefficient (Wildman–Crippen LogP) is 6.31. The summed E-state index contributed by atoms with van der Waals surface area (Å²) in [5.74, 6) is -0.368. The van der Waals surface area contributed by atoms with Crippen molar-refractivity contribution in [1.82, 2.24) is 14.7 Å². The molecule has 0 radical (unpaired) electrons. The van der Waals surface area contributed by atoms with Crippen LogP contribution >= 0.6 is 0 Å². The summed E-state index contributed by atoms with van der Waals surface area (Å²) in [5, 5.41) is 16.1. The fraction of sp³-hybridized carbons (Fsp3) is 0.323. The Labute approximate surface area is 222 Å². The van der Waals surface area contributed by atoms with E-state index in [0.29, 0.717) is 17.3 Å². The van der Waals surface area contributed by atoms with E-state index in [1.54, 1.807) is 12.1 Å². The molecule has 2 aromatic heterocycles. The molecule has 1 saturated carbocycles. The first-order chi connectivity index (χ1) is 18.4. The first kappa shape index (κ1) is 25.5. The minimum Gasteiger partial charge on any atom is -0.481 e. The van der Waals surface area contributed by atoms with Gasteiger partial charge in [-0.3, -0.25) is 14.0 Å². The number of nitrogens with zero attached hydrogens (tertiary/aromatic N) is 2. The molecule has 38 heavy (non-hydrogen) atoms. The number of hydrogen-bond donors (Lipinski definition) is 3. The van der Waals surface area contributed by atoms with Crippen LogP contribution in [0.25, 0.3) is 16.9 Å². The summed E-state index contributed by atoms with van der Waals surface area (Å²) in [5.41, 5.74) is 5.99. The minimum atomic E-state index is -0.972. The Morgan fingerprint density at radius 3 is 2.29 bits per heavy atom. The molecule has 2 heterocycles. The van der Waals surface area contributed by atoms with Crippen LogP contribution in [0.15, 0.2) is 66.9 Å². The molecule has 7 nitrogen and oxygen atoms in total. The average Bonchev–Trinajstić information content (AvgIpc) is 3.27. The quantitative estimate of drug-likeness (QED) is 0.258. The predicted molar refractivity (Wildman–Crippen MR) is 149 cm³/mol. The van der Waals surface area contributed by atoms with Gasteiger partial charge in [-0.05, 0) is 44.4 Å². The van der Waals surface area contributed by atoms with Gasteiger partial charge in [0.2, 0.25) is 0 Å². The van der Waals surface area contributed by atoms with Crippen LogP contribution in [-0.4, -0.2) is 32.4 Å². The number of aromatic nitrogens is 2. The summed E-state index contributed by atoms with van der Waals surface area (Å²) < 4.78 is 2.01. The number of fused-ring (bicyclic) bond motifs is 1. The van der Waals surface area contributed by atoms with Crippen LogP contribution in [0.4, 0.5) is 5.82 Å². The highest BCUT2D eigenvalue weighted by Crippen LogP contribution is 2.32. The van der Waals surface area contributed by atoms with Crippen LogP contribution < -0.4 is 10.6 Å². The number of hydrogen-bond acceptors (Lipinski definition) is 4. The summed E-state index contributed by atoms with van der Waals surface area (Å²) >= 11 is 0. The molecule has 0 saturated heterocycles. The second-order valence-corrected chi connectivity index (χ2v) is 10.3. The molecule has 196 valence electrons. The van der Waals surface area contributed by atoms with Gasteiger partial charge in [0.25, 0.3) is 5.91 Å². The summed E-state index contributed by atoms with van der Waals surface area (Å²) in [6.45, 7) is 4.03. The lowest BCUT2D eigenvalue weighted by Crippen LogP contribution is -2.30. The molecule has 0 bridgehead atoms. The molecule has 3 N–H and O–H groups in total. The number of rotatable bonds is 8. The molecule has 1 aliphatic carbocycles. The number of carbonyl (C=O) groups excluding carboxylic acids is 1. The molecule has 0 spiro atoms. The second kappa shape index (κ2) is 11.1. The van der Waals surface area contributed by atoms with Crippen molar-refractivity contribution in [2.24, 2.45) is 0 Å². The summed E-state index contributed by atoms with van der Waals surface area (Å²) in [6, 6.07) is 19.2. The number of imidazole rings is 1. The molecule has 5 rings (SSSR count). The van der Waals surface area contributed by atoms with Gasteiger partial charge in [-0.2, -0.15) is 0 Å². The highest BCUT2D eigenvalue weighted by atomic mass is 16.4. The molecule has 1 fully saturated rings. The van der Waals surface area contributed by atoms with Gasteiger partial charge in [0.15, 0.2) is 0 Å². The number of nitrogens with one attached hydrogen (secondary N) is 2. The number of carboxylic acid groups (broad SMARTS) is 1. The van der Waals surface area contributed by atoms with E-state index in [2.05, 4.69) is 41.8 Å². The Balaban J connectivity index is 1.47. The molecule has 4 aromatic rings. The first-order valence-corrected chi connectivity index (χ1v) is 13.3. The van der Waals surface area contributed by atoms with Crippen molar-refractivity contribution >= 4 is 23.3 Å². The average molecular weight is 511 g/mol. The molecule has 2 aromatic carbocycles. The molecule has 1 amide bonds. The zero-order valence-electron chi connectivity index (χ0n) is 21.9. The van der Waals surface area contributed by atoms with Crippen molar-refractivity contribution in [3.63, 3.8) is 0 Å². The van der Waals surface area contributed by atoms with Crippen molar-refractivity contribution in [2.75, 3.05) is 5.32 Å². The lowest BCUT2D eigenvalue weighted by Gasteiger charge is -2.24. The fourth-order valence-electron chi connectivity index (χ4n) is 5.14. The Kier molecular flexibility index (Phi) is 7.45. The van der Waals surface area contributed by atoms with Crippen molar-refractivity contribution < 1.29 is 14.7 Å². The maximum atomic E-state index is 13.3. The largest absolute Gasteiger partial charge is 0.481 e. The molecular weight excluding hydrogens is 476 g/mol. The lowest BCUT2D eigenvalue weighted by atomic mass is 9.95. The molecule has 1 unspecified atom stereocenters. The van der Waals surface area contributed by atoms with Gasteiger partial charge in [-0.1, -0.05) is 78.9 Å². The molecule has 7 heteroatoms. The van der Waals surface area contributed by atoms with Gasteiger partial charge in [0.1, 0.15) is 17.2 Å². The monoisotopic (exact) mass is 510 g/mol. The molecule has 1 atom stereocenters. The highest BCUT2D eigenvalue weighted by Gasteiger charge is 2.22. The number of carbonyl (C=O) groups is 2. The fourth-order valence-corrected chi connectivity index (χ4v) is 5.14. The number of amides is 1. The molecule has 0 aliphatic heterocycles. The van der Waals surface area contributed by atoms with Crippen molar-refractivity contribution in [1.29, 1.82) is 0 Å². The Morgan fingerprint density at radius 2 is 1.63 bits per heavy atom. The Bertz CT molecular complexity index is 1430. The number of pyridine rings is 1. The van der Waals surface area contributed by atoms with Crippen LogP contribution in [0, 0.1) is 13.8 Å².